The van der Waals surface area contributed by atoms with Gasteiger partial charge in [0.25, 0.3) is 0 Å². The number of hydrogen-bond acceptors (Lipinski definition) is 1. The van der Waals surface area contributed by atoms with Gasteiger partial charge in [0, 0.05) is 40.5 Å². The molecule has 1 aliphatic heterocycles. The van der Waals surface area contributed by atoms with E-state index in [4.69, 9.17) is 11.6 Å². The minimum Gasteiger partial charge on any atom is -0.309 e. The predicted octanol–water partition coefficient (Wildman–Crippen LogP) is 7.63. The topological polar surface area (TPSA) is 17.1 Å². The van der Waals surface area contributed by atoms with Gasteiger partial charge in [0.2, 0.25) is 0 Å². The van der Waals surface area contributed by atoms with Gasteiger partial charge in [-0.05, 0) is 72.8 Å². The first kappa shape index (κ1) is 21.5. The van der Waals surface area contributed by atoms with Crippen LogP contribution in [0, 0.1) is 0 Å². The summed E-state index contributed by atoms with van der Waals surface area (Å²) in [6.07, 6.45) is 0. The first-order valence-electron chi connectivity index (χ1n) is 11.2. The summed E-state index contributed by atoms with van der Waals surface area (Å²) in [5.74, 6) is 0. The van der Waals surface area contributed by atoms with Crippen molar-refractivity contribution in [2.24, 2.45) is 0 Å². The molecule has 0 fully saturated rings. The van der Waals surface area contributed by atoms with Gasteiger partial charge in [-0.15, -0.1) is 10.0 Å². The normalized spacial score (nSPS) is 16.1. The molecule has 1 nitrogen and oxygen atoms in total. The highest BCUT2D eigenvalue weighted by Gasteiger charge is 2.48. The van der Waals surface area contributed by atoms with Crippen LogP contribution in [-0.2, 0) is 4.57 Å². The van der Waals surface area contributed by atoms with Gasteiger partial charge in [-0.3, -0.25) is 0 Å². The van der Waals surface area contributed by atoms with Crippen molar-refractivity contribution in [3.63, 3.8) is 0 Å². The van der Waals surface area contributed by atoms with Gasteiger partial charge < -0.3 is 4.57 Å². The van der Waals surface area contributed by atoms with Crippen molar-refractivity contribution in [3.8, 4) is 0 Å². The number of halogens is 1. The number of rotatable bonds is 3. The third-order valence-corrected chi connectivity index (χ3v) is 14.2. The van der Waals surface area contributed by atoms with Crippen molar-refractivity contribution in [1.29, 1.82) is 0 Å². The molecule has 0 amide bonds. The first-order valence-corrected chi connectivity index (χ1v) is 14.9. The Morgan fingerprint density at radius 2 is 0.912 bits per heavy atom. The summed E-state index contributed by atoms with van der Waals surface area (Å²) in [5.41, 5.74) is 0. The maximum absolute atomic E-state index is 15.3. The van der Waals surface area contributed by atoms with E-state index >= 15 is 4.57 Å². The molecule has 0 aliphatic carbocycles. The average Bonchev–Trinajstić information content (AvgIpc) is 2.91. The highest BCUT2D eigenvalue weighted by atomic mass is 35.5. The number of benzene rings is 5. The summed E-state index contributed by atoms with van der Waals surface area (Å²) in [7, 11) is -4.98. The van der Waals surface area contributed by atoms with E-state index in [0.717, 1.165) is 25.7 Å². The summed E-state index contributed by atoms with van der Waals surface area (Å²) in [6.45, 7) is 0. The maximum Gasteiger partial charge on any atom is 0.173 e. The minimum absolute atomic E-state index is 0.641. The fraction of sp³-hybridized carbons (Fsp3) is 0. The van der Waals surface area contributed by atoms with Gasteiger partial charge in [0.05, 0.1) is 0 Å². The van der Waals surface area contributed by atoms with Crippen molar-refractivity contribution in [2.45, 2.75) is 19.6 Å². The van der Waals surface area contributed by atoms with Crippen LogP contribution in [0.4, 0.5) is 0 Å². The van der Waals surface area contributed by atoms with Crippen LogP contribution >= 0.6 is 28.8 Å². The fourth-order valence-electron chi connectivity index (χ4n) is 5.02. The highest BCUT2D eigenvalue weighted by Crippen LogP contribution is 2.77. The van der Waals surface area contributed by atoms with Gasteiger partial charge in [-0.2, -0.15) is 0 Å². The molecule has 0 radical (unpaired) electrons. The number of hydrogen-bond donors (Lipinski definition) is 0. The molecule has 0 saturated carbocycles. The third kappa shape index (κ3) is 3.00. The molecule has 0 unspecified atom stereocenters. The van der Waals surface area contributed by atoms with E-state index in [1.54, 1.807) is 0 Å². The SMILES string of the molecule is O=P1(c2ccc(Cl)cc2)c2ccccc2S(c2ccccc2)(c2ccccc2)c2ccccc21. The second kappa shape index (κ2) is 8.32. The molecule has 166 valence electrons. The van der Waals surface area contributed by atoms with E-state index in [-0.39, 0.29) is 0 Å². The van der Waals surface area contributed by atoms with E-state index < -0.39 is 17.2 Å². The Morgan fingerprint density at radius 1 is 0.500 bits per heavy atom. The van der Waals surface area contributed by atoms with Crippen molar-refractivity contribution in [1.82, 2.24) is 0 Å². The molecule has 0 aromatic heterocycles. The standard InChI is InChI=1S/C30H22ClOPS/c31-23-19-21-24(22-20-23)33(32)27-15-7-9-17-29(27)34(25-11-3-1-4-12-25,26-13-5-2-6-14-26)30-18-10-8-16-28(30)33/h1-22H. The Hall–Kier alpha value is -3.03. The summed E-state index contributed by atoms with van der Waals surface area (Å²) in [5, 5.41) is 3.28. The van der Waals surface area contributed by atoms with Crippen molar-refractivity contribution < 1.29 is 4.57 Å². The minimum atomic E-state index is -3.12. The second-order valence-electron chi connectivity index (χ2n) is 8.26. The molecule has 5 aromatic rings. The Balaban J connectivity index is 1.81. The molecule has 0 N–H and O–H groups in total. The van der Waals surface area contributed by atoms with Crippen LogP contribution in [-0.4, -0.2) is 0 Å². The smallest absolute Gasteiger partial charge is 0.173 e. The van der Waals surface area contributed by atoms with Gasteiger partial charge in [-0.1, -0.05) is 72.3 Å². The zero-order chi connectivity index (χ0) is 23.2. The van der Waals surface area contributed by atoms with Crippen LogP contribution in [0.5, 0.6) is 0 Å². The largest absolute Gasteiger partial charge is 0.309 e. The lowest BCUT2D eigenvalue weighted by Gasteiger charge is -2.48. The molecule has 5 aromatic carbocycles. The molecule has 0 bridgehead atoms. The van der Waals surface area contributed by atoms with Gasteiger partial charge in [0.1, 0.15) is 0 Å². The number of fused-ring (bicyclic) bond motifs is 2. The lowest BCUT2D eigenvalue weighted by atomic mass is 10.3. The fourth-order valence-corrected chi connectivity index (χ4v) is 13.5. The molecular weight excluding hydrogens is 475 g/mol. The van der Waals surface area contributed by atoms with E-state index in [0.29, 0.717) is 5.02 Å². The van der Waals surface area contributed by atoms with Gasteiger partial charge >= 0.3 is 0 Å². The molecule has 0 atom stereocenters. The molecule has 6 rings (SSSR count). The summed E-state index contributed by atoms with van der Waals surface area (Å²) in [4.78, 5) is 4.76. The molecule has 34 heavy (non-hydrogen) atoms. The monoisotopic (exact) mass is 496 g/mol. The van der Waals surface area contributed by atoms with Crippen LogP contribution in [0.3, 0.4) is 0 Å². The van der Waals surface area contributed by atoms with E-state index in [1.165, 1.54) is 9.79 Å². The van der Waals surface area contributed by atoms with Crippen LogP contribution in [0.2, 0.25) is 5.02 Å². The van der Waals surface area contributed by atoms with Crippen molar-refractivity contribution in [2.75, 3.05) is 0 Å². The Labute approximate surface area is 206 Å². The molecule has 1 heterocycles. The third-order valence-electron chi connectivity index (χ3n) is 6.45. The zero-order valence-electron chi connectivity index (χ0n) is 18.3. The zero-order valence-corrected chi connectivity index (χ0v) is 20.8. The summed E-state index contributed by atoms with van der Waals surface area (Å²) < 4.78 is 15.3. The van der Waals surface area contributed by atoms with Crippen molar-refractivity contribution in [3.05, 3.63) is 138 Å². The summed E-state index contributed by atoms with van der Waals surface area (Å²) >= 11 is 6.22. The van der Waals surface area contributed by atoms with Gasteiger partial charge in [-0.25, -0.2) is 0 Å². The molecule has 0 spiro atoms. The van der Waals surface area contributed by atoms with E-state index in [2.05, 4.69) is 97.1 Å². The van der Waals surface area contributed by atoms with Crippen LogP contribution < -0.4 is 15.9 Å². The maximum atomic E-state index is 15.3. The summed E-state index contributed by atoms with van der Waals surface area (Å²) in [6, 6.07) is 45.6. The molecule has 4 heteroatoms. The Morgan fingerprint density at radius 3 is 1.38 bits per heavy atom. The lowest BCUT2D eigenvalue weighted by molar-refractivity contribution is 0.591. The highest BCUT2D eigenvalue weighted by molar-refractivity contribution is 8.34. The molecule has 0 saturated heterocycles. The second-order valence-corrected chi connectivity index (χ2v) is 14.4. The Bertz CT molecular complexity index is 1440. The van der Waals surface area contributed by atoms with Crippen LogP contribution in [0.1, 0.15) is 0 Å². The predicted molar refractivity (Wildman–Crippen MR) is 144 cm³/mol. The van der Waals surface area contributed by atoms with Crippen LogP contribution in [0.25, 0.3) is 0 Å². The average molecular weight is 497 g/mol. The molecule has 1 aliphatic rings. The van der Waals surface area contributed by atoms with Gasteiger partial charge in [0.15, 0.2) is 7.14 Å². The van der Waals surface area contributed by atoms with Crippen molar-refractivity contribution >= 4 is 44.7 Å². The Kier molecular flexibility index (Phi) is 5.26. The van der Waals surface area contributed by atoms with Crippen LogP contribution in [0.15, 0.2) is 153 Å². The lowest BCUT2D eigenvalue weighted by Crippen LogP contribution is -2.35. The quantitative estimate of drug-likeness (QED) is 0.230. The van der Waals surface area contributed by atoms with E-state index in [1.807, 2.05) is 36.4 Å². The molecular formula is C30H22ClOPS. The first-order chi connectivity index (χ1) is 16.7. The van der Waals surface area contributed by atoms with E-state index in [9.17, 15) is 0 Å².